The summed E-state index contributed by atoms with van der Waals surface area (Å²) in [5, 5.41) is 8.91. The van der Waals surface area contributed by atoms with Gasteiger partial charge in [0.2, 0.25) is 5.91 Å². The molecule has 2 unspecified atom stereocenters. The quantitative estimate of drug-likeness (QED) is 0.109. The molecule has 0 aliphatic carbocycles. The Morgan fingerprint density at radius 3 is 1.55 bits per heavy atom. The normalized spacial score (nSPS) is 23.4. The van der Waals surface area contributed by atoms with Gasteiger partial charge in [-0.25, -0.2) is 29.4 Å². The SMILES string of the molecule is CC(C)(C)CCOC1CCN(c2ccc3c(n2)N2C[C@@H](CCCNc4cccc(n4)S(=O)(=O)NC3=O)CC2(C)C)C1=O.CC(C)(C)CCOC1CCNC1=O.CC1(C)C[C@@H]2CCCNc3cccc(n3)S(=O)(=O)NC(=O)c3ccc(Cl)nc3N1C2. The Balaban J connectivity index is 0.000000189. The average molecular weight is 1230 g/mol. The summed E-state index contributed by atoms with van der Waals surface area (Å²) in [4.78, 5) is 74.4. The largest absolute Gasteiger partial charge is 0.370 e. The molecule has 0 spiro atoms. The Morgan fingerprint density at radius 2 is 1.07 bits per heavy atom. The van der Waals surface area contributed by atoms with Crippen LogP contribution in [0.4, 0.5) is 29.1 Å². The lowest BCUT2D eigenvalue weighted by Crippen LogP contribution is -2.41. The van der Waals surface area contributed by atoms with Crippen LogP contribution in [-0.4, -0.2) is 136 Å². The highest BCUT2D eigenvalue weighted by Gasteiger charge is 2.43. The van der Waals surface area contributed by atoms with Crippen LogP contribution in [0.3, 0.4) is 0 Å². The van der Waals surface area contributed by atoms with Gasteiger partial charge in [-0.3, -0.25) is 24.1 Å². The lowest BCUT2D eigenvalue weighted by molar-refractivity contribution is -0.129. The molecule has 0 radical (unpaired) electrons. The maximum Gasteiger partial charge on any atom is 0.281 e. The number of hydrogen-bond acceptors (Lipinski definition) is 18. The van der Waals surface area contributed by atoms with Crippen molar-refractivity contribution in [2.24, 2.45) is 22.7 Å². The summed E-state index contributed by atoms with van der Waals surface area (Å²) in [5.41, 5.74) is 0.107. The van der Waals surface area contributed by atoms with E-state index in [-0.39, 0.29) is 66.2 Å². The van der Waals surface area contributed by atoms with E-state index >= 15 is 0 Å². The first-order valence-electron chi connectivity index (χ1n) is 29.5. The number of anilines is 5. The standard InChI is InChI=1S/C30H42N6O5S.C20H24ClN5O3S.C10H19NO2/c1-29(2,3)14-17-41-22-13-16-35(28(22)38)24-12-11-21-26(33-24)36-19-20(18-30(36,4)5)8-7-15-31-23-9-6-10-25(32-23)42(39,40)34-27(21)37;1-20(2)11-13-5-4-10-22-16-6-3-7-17(24-16)30(28,29)25-19(27)14-8-9-15(21)23-18(14)26(20)12-13;1-10(2,3)5-7-13-8-4-6-11-9(8)12/h6,9-12,20,22H,7-8,13-19H2,1-5H3,(H,31,32)(H,34,37);3,6-9,13H,4-5,10-12H2,1-2H3,(H,22,24)(H,25,27);8H,4-7H2,1-3H3,(H,11,12)/t20-,22?;13-;/m00./s1. The van der Waals surface area contributed by atoms with Crippen LogP contribution in [0.15, 0.2) is 70.7 Å². The van der Waals surface area contributed by atoms with E-state index in [9.17, 15) is 36.0 Å². The number of sulfonamides is 2. The van der Waals surface area contributed by atoms with E-state index in [1.165, 1.54) is 24.3 Å². The number of nitrogens with one attached hydrogen (secondary N) is 5. The molecule has 4 atom stereocenters. The second kappa shape index (κ2) is 26.4. The summed E-state index contributed by atoms with van der Waals surface area (Å²) < 4.78 is 67.7. The molecule has 22 nitrogen and oxygen atoms in total. The third-order valence-electron chi connectivity index (χ3n) is 16.0. The number of hydrogen-bond donors (Lipinski definition) is 5. The van der Waals surface area contributed by atoms with Gasteiger partial charge in [-0.2, -0.15) is 16.8 Å². The van der Waals surface area contributed by atoms with Gasteiger partial charge in [0, 0.05) is 70.0 Å². The van der Waals surface area contributed by atoms with Crippen LogP contribution in [-0.2, 0) is 39.1 Å². The van der Waals surface area contributed by atoms with E-state index in [1.54, 1.807) is 41.3 Å². The molecule has 0 aromatic carbocycles. The Kier molecular flexibility index (Phi) is 20.1. The molecular formula is C60H85ClN12O10S2. The minimum absolute atomic E-state index is 0.0499. The van der Waals surface area contributed by atoms with Crippen molar-refractivity contribution in [3.05, 3.63) is 76.9 Å². The molecular weight excluding hydrogens is 1150 g/mol. The van der Waals surface area contributed by atoms with Crippen molar-refractivity contribution >= 4 is 84.4 Å². The summed E-state index contributed by atoms with van der Waals surface area (Å²) in [6.45, 7) is 26.4. The van der Waals surface area contributed by atoms with Crippen LogP contribution < -0.4 is 40.1 Å². The number of fused-ring (bicyclic) bond motifs is 12. The van der Waals surface area contributed by atoms with Crippen LogP contribution in [0.1, 0.15) is 154 Å². The maximum atomic E-state index is 13.6. The van der Waals surface area contributed by atoms with E-state index in [4.69, 9.17) is 26.1 Å². The van der Waals surface area contributed by atoms with Crippen molar-refractivity contribution in [2.75, 3.05) is 77.8 Å². The molecule has 25 heteroatoms. The van der Waals surface area contributed by atoms with E-state index in [2.05, 4.69) is 119 Å². The van der Waals surface area contributed by atoms with E-state index in [1.807, 2.05) is 0 Å². The van der Waals surface area contributed by atoms with E-state index in [0.717, 1.165) is 70.9 Å². The summed E-state index contributed by atoms with van der Waals surface area (Å²) in [5.74, 6) is 1.21. The van der Waals surface area contributed by atoms with Gasteiger partial charge in [-0.1, -0.05) is 65.3 Å². The number of carbonyl (C=O) groups is 4. The van der Waals surface area contributed by atoms with Crippen molar-refractivity contribution in [1.82, 2.24) is 34.7 Å². The Morgan fingerprint density at radius 1 is 0.588 bits per heavy atom. The molecule has 4 amide bonds. The van der Waals surface area contributed by atoms with Crippen molar-refractivity contribution < 1.29 is 45.5 Å². The van der Waals surface area contributed by atoms with Gasteiger partial charge in [-0.05, 0) is 157 Å². The summed E-state index contributed by atoms with van der Waals surface area (Å²) in [6, 6.07) is 15.5. The minimum Gasteiger partial charge on any atom is -0.370 e. The molecule has 4 fully saturated rings. The predicted octanol–water partition coefficient (Wildman–Crippen LogP) is 8.35. The van der Waals surface area contributed by atoms with Crippen LogP contribution in [0.5, 0.6) is 0 Å². The average Bonchev–Trinajstić information content (AvgIpc) is 2.16. The molecule has 10 rings (SSSR count). The smallest absolute Gasteiger partial charge is 0.281 e. The number of aromatic nitrogens is 4. The van der Waals surface area contributed by atoms with E-state index < -0.39 is 38.0 Å². The van der Waals surface area contributed by atoms with Crippen molar-refractivity contribution in [3.8, 4) is 0 Å². The first kappa shape index (κ1) is 64.8. The number of nitrogens with zero attached hydrogens (tertiary/aromatic N) is 7. The van der Waals surface area contributed by atoms with Crippen LogP contribution in [0.2, 0.25) is 5.15 Å². The zero-order chi connectivity index (χ0) is 61.7. The summed E-state index contributed by atoms with van der Waals surface area (Å²) in [7, 11) is -8.41. The minimum atomic E-state index is -4.25. The molecule has 4 aromatic heterocycles. The number of ether oxygens (including phenoxy) is 2. The Hall–Kier alpha value is -6.21. The van der Waals surface area contributed by atoms with Gasteiger partial charge in [-0.15, -0.1) is 0 Å². The first-order chi connectivity index (χ1) is 39.9. The molecule has 5 N–H and O–H groups in total. The Labute approximate surface area is 506 Å². The molecule has 4 aromatic rings. The topological polar surface area (TPSA) is 276 Å². The summed E-state index contributed by atoms with van der Waals surface area (Å²) >= 11 is 6.14. The van der Waals surface area contributed by atoms with Crippen molar-refractivity contribution in [3.63, 3.8) is 0 Å². The zero-order valence-electron chi connectivity index (χ0n) is 50.7. The molecule has 464 valence electrons. The fourth-order valence-electron chi connectivity index (χ4n) is 11.5. The monoisotopic (exact) mass is 1230 g/mol. The van der Waals surface area contributed by atoms with Gasteiger partial charge in [0.1, 0.15) is 46.5 Å². The van der Waals surface area contributed by atoms with Gasteiger partial charge in [0.25, 0.3) is 37.8 Å². The number of carbonyl (C=O) groups excluding carboxylic acids is 4. The predicted molar refractivity (Wildman–Crippen MR) is 328 cm³/mol. The van der Waals surface area contributed by atoms with Crippen LogP contribution >= 0.6 is 11.6 Å². The van der Waals surface area contributed by atoms with Crippen LogP contribution in [0.25, 0.3) is 0 Å². The third kappa shape index (κ3) is 16.9. The van der Waals surface area contributed by atoms with Crippen LogP contribution in [0, 0.1) is 22.7 Å². The van der Waals surface area contributed by atoms with E-state index in [0.29, 0.717) is 86.7 Å². The van der Waals surface area contributed by atoms with Gasteiger partial charge >= 0.3 is 0 Å². The lowest BCUT2D eigenvalue weighted by Gasteiger charge is -2.34. The van der Waals surface area contributed by atoms with Gasteiger partial charge < -0.3 is 35.2 Å². The highest BCUT2D eigenvalue weighted by Crippen LogP contribution is 2.42. The molecule has 10 heterocycles. The fraction of sp³-hybridized carbons (Fsp3) is 0.600. The number of amides is 4. The molecule has 4 saturated heterocycles. The number of pyridine rings is 4. The number of rotatable bonds is 7. The maximum absolute atomic E-state index is 13.6. The highest BCUT2D eigenvalue weighted by atomic mass is 35.5. The first-order valence-corrected chi connectivity index (χ1v) is 32.8. The third-order valence-corrected chi connectivity index (χ3v) is 18.7. The molecule has 0 saturated carbocycles. The molecule has 8 bridgehead atoms. The van der Waals surface area contributed by atoms with Gasteiger partial charge in [0.15, 0.2) is 10.1 Å². The highest BCUT2D eigenvalue weighted by molar-refractivity contribution is 7.90. The Bertz CT molecular complexity index is 3320. The zero-order valence-corrected chi connectivity index (χ0v) is 53.1. The molecule has 6 aliphatic rings. The second-order valence-electron chi connectivity index (χ2n) is 26.5. The van der Waals surface area contributed by atoms with Gasteiger partial charge in [0.05, 0.1) is 11.1 Å². The fourth-order valence-corrected chi connectivity index (χ4v) is 13.5. The lowest BCUT2D eigenvalue weighted by atomic mass is 9.93. The molecule has 6 aliphatic heterocycles. The molecule has 85 heavy (non-hydrogen) atoms. The van der Waals surface area contributed by atoms with Crippen molar-refractivity contribution in [1.29, 1.82) is 0 Å². The van der Waals surface area contributed by atoms with Crippen molar-refractivity contribution in [2.45, 2.75) is 167 Å². The second-order valence-corrected chi connectivity index (χ2v) is 30.1. The number of halogens is 1. The summed E-state index contributed by atoms with van der Waals surface area (Å²) in [6.07, 6.45) is 8.05.